The number of sulfonamides is 1. The van der Waals surface area contributed by atoms with Crippen LogP contribution in [0.2, 0.25) is 0 Å². The average Bonchev–Trinajstić information content (AvgIpc) is 2.81. The molecule has 0 bridgehead atoms. The van der Waals surface area contributed by atoms with E-state index in [4.69, 9.17) is 10.1 Å². The molecule has 178 valence electrons. The first-order valence-electron chi connectivity index (χ1n) is 10.1. The van der Waals surface area contributed by atoms with E-state index in [-0.39, 0.29) is 4.90 Å². The molecule has 0 radical (unpaired) electrons. The Morgan fingerprint density at radius 1 is 0.971 bits per heavy atom. The van der Waals surface area contributed by atoms with Gasteiger partial charge in [-0.05, 0) is 53.1 Å². The van der Waals surface area contributed by atoms with Gasteiger partial charge in [0.15, 0.2) is 0 Å². The van der Waals surface area contributed by atoms with Crippen LogP contribution in [0.5, 0.6) is 0 Å². The predicted molar refractivity (Wildman–Crippen MR) is 135 cm³/mol. The molecule has 3 aromatic rings. The van der Waals surface area contributed by atoms with Crippen molar-refractivity contribution in [2.24, 2.45) is 4.52 Å². The number of nitrogens with one attached hydrogen (secondary N) is 1. The van der Waals surface area contributed by atoms with Crippen molar-refractivity contribution >= 4 is 38.7 Å². The summed E-state index contributed by atoms with van der Waals surface area (Å²) in [5.41, 5.74) is 10.9. The minimum atomic E-state index is -4.02. The Morgan fingerprint density at radius 3 is 2.12 bits per heavy atom. The molecule has 9 nitrogen and oxygen atoms in total. The number of azide groups is 1. The fourth-order valence-electron chi connectivity index (χ4n) is 3.18. The van der Waals surface area contributed by atoms with Crippen LogP contribution in [0.3, 0.4) is 0 Å². The summed E-state index contributed by atoms with van der Waals surface area (Å²) in [7, 11) is -4.02. The molecule has 1 unspecified atom stereocenters. The highest BCUT2D eigenvalue weighted by Crippen LogP contribution is 2.20. The maximum absolute atomic E-state index is 11.9. The number of hydrogen-bond donors (Lipinski definition) is 2. The second-order valence-electron chi connectivity index (χ2n) is 7.21. The summed E-state index contributed by atoms with van der Waals surface area (Å²) in [6.45, 7) is 1.99. The van der Waals surface area contributed by atoms with Crippen LogP contribution in [0, 0.1) is 0 Å². The third-order valence-electron chi connectivity index (χ3n) is 4.76. The molecule has 0 fully saturated rings. The van der Waals surface area contributed by atoms with Gasteiger partial charge in [-0.15, -0.1) is 11.8 Å². The fraction of sp³-hybridized carbons (Fsp3) is 0.182. The number of benzene rings is 3. The van der Waals surface area contributed by atoms with Crippen LogP contribution in [0.1, 0.15) is 11.1 Å². The average molecular weight is 518 g/mol. The van der Waals surface area contributed by atoms with E-state index < -0.39 is 21.3 Å². The lowest BCUT2D eigenvalue weighted by Crippen LogP contribution is -2.25. The molecular formula is C22H23N5O4S3. The third-order valence-corrected chi connectivity index (χ3v) is 7.31. The third kappa shape index (κ3) is 8.17. The SMILES string of the molecule is [N-]=[N+]=NS(=O)(=O)c1ccc(CN(CCSc2ccccc2)Cc2ccc(NS(=O)O)cc2)cc1. The standard InChI is InChI=1S/C22H23N5O4S3/c23-25-26-34(30,31)22-12-8-19(9-13-22)17-27(14-15-32-21-4-2-1-3-5-21)16-18-6-10-20(11-7-18)24-33(28)29/h1-13,24H,14-17H2,(H,28,29). The summed E-state index contributed by atoms with van der Waals surface area (Å²) in [6.07, 6.45) is 0. The smallest absolute Gasteiger partial charge is 0.264 e. The second-order valence-corrected chi connectivity index (χ2v) is 10.7. The van der Waals surface area contributed by atoms with E-state index in [9.17, 15) is 12.6 Å². The van der Waals surface area contributed by atoms with Crippen molar-refractivity contribution in [2.75, 3.05) is 17.0 Å². The lowest BCUT2D eigenvalue weighted by molar-refractivity contribution is 0.274. The zero-order valence-corrected chi connectivity index (χ0v) is 20.5. The molecular weight excluding hydrogens is 494 g/mol. The maximum Gasteiger partial charge on any atom is 0.264 e. The van der Waals surface area contributed by atoms with Gasteiger partial charge >= 0.3 is 0 Å². The van der Waals surface area contributed by atoms with E-state index in [1.54, 1.807) is 36.0 Å². The van der Waals surface area contributed by atoms with Gasteiger partial charge in [0, 0.05) is 45.4 Å². The topological polar surface area (TPSA) is 135 Å². The molecule has 0 spiro atoms. The van der Waals surface area contributed by atoms with Crippen LogP contribution < -0.4 is 4.72 Å². The fourth-order valence-corrected chi connectivity index (χ4v) is 5.12. The van der Waals surface area contributed by atoms with E-state index in [1.165, 1.54) is 17.0 Å². The molecule has 0 heterocycles. The normalized spacial score (nSPS) is 12.2. The molecule has 0 saturated carbocycles. The Balaban J connectivity index is 1.71. The molecule has 3 aromatic carbocycles. The molecule has 0 aliphatic heterocycles. The summed E-state index contributed by atoms with van der Waals surface area (Å²) in [5, 5.41) is 0. The second kappa shape index (κ2) is 12.6. The van der Waals surface area contributed by atoms with Gasteiger partial charge in [-0.2, -0.15) is 0 Å². The Hall–Kier alpha value is -2.86. The van der Waals surface area contributed by atoms with E-state index in [0.717, 1.165) is 23.4 Å². The molecule has 0 aromatic heterocycles. The minimum Gasteiger partial charge on any atom is -0.294 e. The Labute approximate surface area is 205 Å². The van der Waals surface area contributed by atoms with Gasteiger partial charge in [0.25, 0.3) is 21.3 Å². The summed E-state index contributed by atoms with van der Waals surface area (Å²) in [5.74, 6) is 0.858. The van der Waals surface area contributed by atoms with Crippen LogP contribution in [0.15, 0.2) is 93.2 Å². The first kappa shape index (κ1) is 25.8. The molecule has 0 amide bonds. The Kier molecular flexibility index (Phi) is 9.52. The van der Waals surface area contributed by atoms with Crippen molar-refractivity contribution in [1.29, 1.82) is 0 Å². The van der Waals surface area contributed by atoms with E-state index >= 15 is 0 Å². The number of anilines is 1. The van der Waals surface area contributed by atoms with E-state index in [2.05, 4.69) is 31.2 Å². The summed E-state index contributed by atoms with van der Waals surface area (Å²) in [6, 6.07) is 23.7. The summed E-state index contributed by atoms with van der Waals surface area (Å²) in [4.78, 5) is 5.74. The van der Waals surface area contributed by atoms with Gasteiger partial charge in [0.2, 0.25) is 0 Å². The number of thioether (sulfide) groups is 1. The number of hydrogen-bond acceptors (Lipinski definition) is 5. The monoisotopic (exact) mass is 517 g/mol. The van der Waals surface area contributed by atoms with E-state index in [0.29, 0.717) is 18.8 Å². The molecule has 0 saturated heterocycles. The highest BCUT2D eigenvalue weighted by Gasteiger charge is 2.13. The van der Waals surface area contributed by atoms with Crippen molar-refractivity contribution in [2.45, 2.75) is 22.9 Å². The summed E-state index contributed by atoms with van der Waals surface area (Å²) >= 11 is -0.374. The zero-order chi connectivity index (χ0) is 24.4. The van der Waals surface area contributed by atoms with Gasteiger partial charge in [0.1, 0.15) is 0 Å². The van der Waals surface area contributed by atoms with Crippen molar-refractivity contribution in [1.82, 2.24) is 4.90 Å². The van der Waals surface area contributed by atoms with Gasteiger partial charge < -0.3 is 0 Å². The van der Waals surface area contributed by atoms with Crippen LogP contribution in [-0.2, 0) is 34.4 Å². The van der Waals surface area contributed by atoms with Crippen molar-refractivity contribution in [3.8, 4) is 0 Å². The Morgan fingerprint density at radius 2 is 1.56 bits per heavy atom. The lowest BCUT2D eigenvalue weighted by atomic mass is 10.1. The zero-order valence-electron chi connectivity index (χ0n) is 18.0. The largest absolute Gasteiger partial charge is 0.294 e. The molecule has 0 aliphatic rings. The Bertz CT molecular complexity index is 1250. The van der Waals surface area contributed by atoms with Gasteiger partial charge in [0.05, 0.1) is 4.90 Å². The van der Waals surface area contributed by atoms with Crippen LogP contribution >= 0.6 is 11.8 Å². The number of rotatable bonds is 12. The van der Waals surface area contributed by atoms with Gasteiger partial charge in [-0.1, -0.05) is 42.5 Å². The van der Waals surface area contributed by atoms with Gasteiger partial charge in [-0.3, -0.25) is 14.2 Å². The predicted octanol–water partition coefficient (Wildman–Crippen LogP) is 5.03. The molecule has 1 atom stereocenters. The molecule has 2 N–H and O–H groups in total. The van der Waals surface area contributed by atoms with Crippen molar-refractivity contribution < 1.29 is 17.2 Å². The molecule has 34 heavy (non-hydrogen) atoms. The molecule has 12 heteroatoms. The summed E-state index contributed by atoms with van der Waals surface area (Å²) < 4.78 is 49.0. The molecule has 0 aliphatic carbocycles. The van der Waals surface area contributed by atoms with Crippen molar-refractivity contribution in [3.05, 3.63) is 100 Å². The van der Waals surface area contributed by atoms with Crippen LogP contribution in [0.4, 0.5) is 5.69 Å². The molecule has 3 rings (SSSR count). The van der Waals surface area contributed by atoms with Crippen LogP contribution in [0.25, 0.3) is 10.4 Å². The van der Waals surface area contributed by atoms with E-state index in [1.807, 2.05) is 30.3 Å². The first-order valence-corrected chi connectivity index (χ1v) is 13.7. The van der Waals surface area contributed by atoms with Crippen LogP contribution in [-0.4, -0.2) is 34.4 Å². The van der Waals surface area contributed by atoms with Crippen molar-refractivity contribution in [3.63, 3.8) is 0 Å². The highest BCUT2D eigenvalue weighted by molar-refractivity contribution is 7.99. The number of nitrogens with zero attached hydrogens (tertiary/aromatic N) is 4. The first-order chi connectivity index (χ1) is 16.4. The minimum absolute atomic E-state index is 0.0513. The highest BCUT2D eigenvalue weighted by atomic mass is 32.2. The maximum atomic E-state index is 11.9. The van der Waals surface area contributed by atoms with Gasteiger partial charge in [-0.25, -0.2) is 12.6 Å². The lowest BCUT2D eigenvalue weighted by Gasteiger charge is -2.23. The quantitative estimate of drug-likeness (QED) is 0.114.